The van der Waals surface area contributed by atoms with Crippen LogP contribution in [0.25, 0.3) is 5.57 Å². The van der Waals surface area contributed by atoms with Gasteiger partial charge in [0.15, 0.2) is 0 Å². The third-order valence-electron chi connectivity index (χ3n) is 3.05. The third kappa shape index (κ3) is 3.02. The second kappa shape index (κ2) is 5.98. The third-order valence-corrected chi connectivity index (χ3v) is 3.23. The molecule has 1 heterocycles. The number of halogens is 1. The van der Waals surface area contributed by atoms with Crippen LogP contribution in [0.15, 0.2) is 42.1 Å². The van der Waals surface area contributed by atoms with Gasteiger partial charge in [-0.2, -0.15) is 0 Å². The molecule has 0 fully saturated rings. The van der Waals surface area contributed by atoms with E-state index in [9.17, 15) is 0 Å². The molecule has 0 radical (unpaired) electrons. The molecule has 2 aromatic rings. The molecule has 1 aromatic carbocycles. The Morgan fingerprint density at radius 3 is 2.53 bits per heavy atom. The quantitative estimate of drug-likeness (QED) is 0.767. The van der Waals surface area contributed by atoms with Crippen molar-refractivity contribution in [2.75, 3.05) is 0 Å². The van der Waals surface area contributed by atoms with Crippen molar-refractivity contribution in [3.05, 3.63) is 64.2 Å². The summed E-state index contributed by atoms with van der Waals surface area (Å²) in [5.41, 5.74) is 5.77. The van der Waals surface area contributed by atoms with E-state index in [1.165, 1.54) is 16.7 Å². The fourth-order valence-corrected chi connectivity index (χ4v) is 2.36. The molecular formula is C16H17ClN2. The molecule has 2 rings (SSSR count). The molecule has 0 atom stereocenters. The molecule has 19 heavy (non-hydrogen) atoms. The Bertz CT molecular complexity index is 614. The molecule has 2 nitrogen and oxygen atoms in total. The van der Waals surface area contributed by atoms with E-state index in [1.807, 2.05) is 6.07 Å². The number of allylic oxidation sites excluding steroid dienone is 1. The molecule has 0 aliphatic carbocycles. The van der Waals surface area contributed by atoms with Gasteiger partial charge in [-0.05, 0) is 49.1 Å². The van der Waals surface area contributed by atoms with Crippen molar-refractivity contribution < 1.29 is 0 Å². The Balaban J connectivity index is 2.63. The molecule has 0 unspecified atom stereocenters. The number of aromatic nitrogens is 2. The molecule has 0 amide bonds. The van der Waals surface area contributed by atoms with Gasteiger partial charge in [0.25, 0.3) is 0 Å². The van der Waals surface area contributed by atoms with Crippen LogP contribution >= 0.6 is 11.6 Å². The molecular weight excluding hydrogens is 256 g/mol. The van der Waals surface area contributed by atoms with Crippen LogP contribution in [-0.4, -0.2) is 9.97 Å². The molecule has 0 saturated heterocycles. The van der Waals surface area contributed by atoms with Gasteiger partial charge in [-0.25, -0.2) is 9.97 Å². The Labute approximate surface area is 119 Å². The molecule has 1 aromatic heterocycles. The molecule has 3 heteroatoms. The first-order valence-corrected chi connectivity index (χ1v) is 6.76. The zero-order valence-corrected chi connectivity index (χ0v) is 12.2. The number of hydrogen-bond donors (Lipinski definition) is 0. The molecule has 0 bridgehead atoms. The van der Waals surface area contributed by atoms with E-state index in [4.69, 9.17) is 11.6 Å². The van der Waals surface area contributed by atoms with Gasteiger partial charge in [0, 0.05) is 11.8 Å². The first-order valence-electron chi connectivity index (χ1n) is 6.38. The van der Waals surface area contributed by atoms with E-state index in [1.54, 1.807) is 6.20 Å². The second-order valence-electron chi connectivity index (χ2n) is 4.60. The lowest BCUT2D eigenvalue weighted by molar-refractivity contribution is 1.11. The molecule has 0 aliphatic heterocycles. The minimum absolute atomic E-state index is 0.283. The van der Waals surface area contributed by atoms with E-state index in [2.05, 4.69) is 55.0 Å². The fraction of sp³-hybridized carbons (Fsp3) is 0.250. The second-order valence-corrected chi connectivity index (χ2v) is 4.93. The Kier molecular flexibility index (Phi) is 4.33. The SMILES string of the molecule is CCc1ccccc1C(=C(C)C)c1ccnc(Cl)n1. The summed E-state index contributed by atoms with van der Waals surface area (Å²) < 4.78 is 0. The lowest BCUT2D eigenvalue weighted by atomic mass is 9.93. The zero-order valence-electron chi connectivity index (χ0n) is 11.4. The average Bonchev–Trinajstić information content (AvgIpc) is 2.39. The van der Waals surface area contributed by atoms with Gasteiger partial charge < -0.3 is 0 Å². The number of benzene rings is 1. The monoisotopic (exact) mass is 272 g/mol. The summed E-state index contributed by atoms with van der Waals surface area (Å²) >= 11 is 5.91. The largest absolute Gasteiger partial charge is 0.226 e. The van der Waals surface area contributed by atoms with Crippen LogP contribution in [0.5, 0.6) is 0 Å². The van der Waals surface area contributed by atoms with Crippen LogP contribution in [0.1, 0.15) is 37.6 Å². The molecule has 0 spiro atoms. The average molecular weight is 273 g/mol. The first kappa shape index (κ1) is 13.8. The van der Waals surface area contributed by atoms with Gasteiger partial charge in [0.2, 0.25) is 5.28 Å². The predicted molar refractivity (Wildman–Crippen MR) is 80.2 cm³/mol. The molecule has 0 N–H and O–H groups in total. The zero-order chi connectivity index (χ0) is 13.8. The molecule has 0 aliphatic rings. The van der Waals surface area contributed by atoms with Gasteiger partial charge >= 0.3 is 0 Å². The van der Waals surface area contributed by atoms with Crippen molar-refractivity contribution in [1.82, 2.24) is 9.97 Å². The maximum Gasteiger partial charge on any atom is 0.222 e. The van der Waals surface area contributed by atoms with Crippen LogP contribution < -0.4 is 0 Å². The highest BCUT2D eigenvalue weighted by molar-refractivity contribution is 6.28. The standard InChI is InChI=1S/C16H17ClN2/c1-4-12-7-5-6-8-13(12)15(11(2)3)14-9-10-18-16(17)19-14/h5-10H,4H2,1-3H3. The maximum absolute atomic E-state index is 5.91. The van der Waals surface area contributed by atoms with Crippen LogP contribution in [0.2, 0.25) is 5.28 Å². The summed E-state index contributed by atoms with van der Waals surface area (Å²) in [6.45, 7) is 6.35. The molecule has 0 saturated carbocycles. The Morgan fingerprint density at radius 1 is 1.16 bits per heavy atom. The van der Waals surface area contributed by atoms with Gasteiger partial charge in [0.05, 0.1) is 5.69 Å². The smallest absolute Gasteiger partial charge is 0.222 e. The highest BCUT2D eigenvalue weighted by atomic mass is 35.5. The normalized spacial score (nSPS) is 10.3. The number of aryl methyl sites for hydroxylation is 1. The summed E-state index contributed by atoms with van der Waals surface area (Å²) in [6.07, 6.45) is 2.69. The number of nitrogens with zero attached hydrogens (tertiary/aromatic N) is 2. The van der Waals surface area contributed by atoms with Crippen molar-refractivity contribution in [1.29, 1.82) is 0 Å². The summed E-state index contributed by atoms with van der Waals surface area (Å²) in [4.78, 5) is 8.29. The first-order chi connectivity index (χ1) is 9.13. The van der Waals surface area contributed by atoms with Crippen LogP contribution in [0.3, 0.4) is 0 Å². The van der Waals surface area contributed by atoms with E-state index in [-0.39, 0.29) is 5.28 Å². The highest BCUT2D eigenvalue weighted by Crippen LogP contribution is 2.28. The predicted octanol–water partition coefficient (Wildman–Crippen LogP) is 4.53. The minimum Gasteiger partial charge on any atom is -0.226 e. The summed E-state index contributed by atoms with van der Waals surface area (Å²) in [7, 11) is 0. The van der Waals surface area contributed by atoms with Crippen molar-refractivity contribution in [2.24, 2.45) is 0 Å². The summed E-state index contributed by atoms with van der Waals surface area (Å²) in [6, 6.07) is 10.3. The van der Waals surface area contributed by atoms with Gasteiger partial charge in [-0.15, -0.1) is 0 Å². The van der Waals surface area contributed by atoms with Gasteiger partial charge in [0.1, 0.15) is 0 Å². The van der Waals surface area contributed by atoms with Crippen LogP contribution in [0, 0.1) is 0 Å². The topological polar surface area (TPSA) is 25.8 Å². The Morgan fingerprint density at radius 2 is 1.89 bits per heavy atom. The van der Waals surface area contributed by atoms with Crippen molar-refractivity contribution in [2.45, 2.75) is 27.2 Å². The van der Waals surface area contributed by atoms with Gasteiger partial charge in [-0.3, -0.25) is 0 Å². The van der Waals surface area contributed by atoms with E-state index in [0.717, 1.165) is 17.7 Å². The fourth-order valence-electron chi connectivity index (χ4n) is 2.21. The van der Waals surface area contributed by atoms with Crippen molar-refractivity contribution >= 4 is 17.2 Å². The summed E-state index contributed by atoms with van der Waals surface area (Å²) in [5.74, 6) is 0. The van der Waals surface area contributed by atoms with Crippen molar-refractivity contribution in [3.8, 4) is 0 Å². The van der Waals surface area contributed by atoms with Crippen LogP contribution in [0.4, 0.5) is 0 Å². The lowest BCUT2D eigenvalue weighted by Crippen LogP contribution is -1.99. The van der Waals surface area contributed by atoms with Crippen LogP contribution in [-0.2, 0) is 6.42 Å². The number of rotatable bonds is 3. The minimum atomic E-state index is 0.283. The highest BCUT2D eigenvalue weighted by Gasteiger charge is 2.12. The number of hydrogen-bond acceptors (Lipinski definition) is 2. The lowest BCUT2D eigenvalue weighted by Gasteiger charge is -2.14. The summed E-state index contributed by atoms with van der Waals surface area (Å²) in [5, 5.41) is 0.283. The Hall–Kier alpha value is -1.67. The maximum atomic E-state index is 5.91. The van der Waals surface area contributed by atoms with E-state index < -0.39 is 0 Å². The van der Waals surface area contributed by atoms with E-state index >= 15 is 0 Å². The molecule has 98 valence electrons. The van der Waals surface area contributed by atoms with E-state index in [0.29, 0.717) is 0 Å². The van der Waals surface area contributed by atoms with Gasteiger partial charge in [-0.1, -0.05) is 36.8 Å². The van der Waals surface area contributed by atoms with Crippen molar-refractivity contribution in [3.63, 3.8) is 0 Å².